The van der Waals surface area contributed by atoms with Crippen LogP contribution in [0.3, 0.4) is 0 Å². The molecule has 0 radical (unpaired) electrons. The van der Waals surface area contributed by atoms with Crippen LogP contribution in [0.1, 0.15) is 12.5 Å². The first-order chi connectivity index (χ1) is 9.22. The molecule has 0 unspecified atom stereocenters. The zero-order chi connectivity index (χ0) is 13.7. The fourth-order valence-corrected chi connectivity index (χ4v) is 2.27. The molecule has 0 aliphatic heterocycles. The topological polar surface area (TPSA) is 18.5 Å². The van der Waals surface area contributed by atoms with Crippen molar-refractivity contribution < 1.29 is 9.47 Å². The molecule has 0 heterocycles. The second-order valence-corrected chi connectivity index (χ2v) is 5.08. The van der Waals surface area contributed by atoms with Crippen LogP contribution < -0.4 is 9.47 Å². The zero-order valence-corrected chi connectivity index (χ0v) is 12.9. The highest BCUT2D eigenvalue weighted by molar-refractivity contribution is 9.10. The van der Waals surface area contributed by atoms with Crippen molar-refractivity contribution in [1.82, 2.24) is 0 Å². The van der Waals surface area contributed by atoms with Crippen LogP contribution in [0.25, 0.3) is 0 Å². The fourth-order valence-electron chi connectivity index (χ4n) is 1.65. The van der Waals surface area contributed by atoms with Gasteiger partial charge in [-0.15, -0.1) is 11.6 Å². The third-order valence-corrected chi connectivity index (χ3v) is 3.31. The second-order valence-electron chi connectivity index (χ2n) is 3.89. The first-order valence-electron chi connectivity index (χ1n) is 5.98. The molecule has 0 saturated heterocycles. The summed E-state index contributed by atoms with van der Waals surface area (Å²) in [5, 5.41) is 0. The molecule has 0 atom stereocenters. The second kappa shape index (κ2) is 6.83. The standard InChI is InChI=1S/C15H14BrClO2/c1-2-18-13-4-6-14(7-5-13)19-15-8-3-12(16)9-11(15)10-17/h3-9H,2,10H2,1H3. The number of ether oxygens (including phenoxy) is 2. The number of hydrogen-bond donors (Lipinski definition) is 0. The number of halogens is 2. The minimum atomic E-state index is 0.409. The molecule has 0 saturated carbocycles. The summed E-state index contributed by atoms with van der Waals surface area (Å²) in [5.41, 5.74) is 0.949. The van der Waals surface area contributed by atoms with Crippen LogP contribution in [0, 0.1) is 0 Å². The van der Waals surface area contributed by atoms with Crippen molar-refractivity contribution in [2.24, 2.45) is 0 Å². The van der Waals surface area contributed by atoms with Gasteiger partial charge in [-0.05, 0) is 49.4 Å². The maximum Gasteiger partial charge on any atom is 0.131 e. The summed E-state index contributed by atoms with van der Waals surface area (Å²) in [6, 6.07) is 13.3. The SMILES string of the molecule is CCOc1ccc(Oc2ccc(Br)cc2CCl)cc1. The van der Waals surface area contributed by atoms with Crippen molar-refractivity contribution in [2.45, 2.75) is 12.8 Å². The Morgan fingerprint density at radius 3 is 2.37 bits per heavy atom. The highest BCUT2D eigenvalue weighted by atomic mass is 79.9. The lowest BCUT2D eigenvalue weighted by molar-refractivity contribution is 0.339. The summed E-state index contributed by atoms with van der Waals surface area (Å²) in [6.07, 6.45) is 0. The molecule has 2 nitrogen and oxygen atoms in total. The third kappa shape index (κ3) is 3.88. The summed E-state index contributed by atoms with van der Waals surface area (Å²) in [4.78, 5) is 0. The zero-order valence-electron chi connectivity index (χ0n) is 10.5. The molecule has 2 aromatic carbocycles. The smallest absolute Gasteiger partial charge is 0.131 e. The lowest BCUT2D eigenvalue weighted by Gasteiger charge is -2.10. The molecule has 0 spiro atoms. The van der Waals surface area contributed by atoms with Crippen molar-refractivity contribution in [2.75, 3.05) is 6.61 Å². The molecule has 19 heavy (non-hydrogen) atoms. The molecule has 2 aromatic rings. The number of alkyl halides is 1. The van der Waals surface area contributed by atoms with E-state index in [1.807, 2.05) is 49.4 Å². The van der Waals surface area contributed by atoms with E-state index in [1.165, 1.54) is 0 Å². The van der Waals surface area contributed by atoms with Gasteiger partial charge in [0, 0.05) is 10.0 Å². The Bertz CT molecular complexity index is 540. The maximum absolute atomic E-state index is 5.92. The summed E-state index contributed by atoms with van der Waals surface area (Å²) < 4.78 is 12.2. The van der Waals surface area contributed by atoms with E-state index in [0.29, 0.717) is 12.5 Å². The number of rotatable bonds is 5. The van der Waals surface area contributed by atoms with Gasteiger partial charge in [0.25, 0.3) is 0 Å². The molecule has 2 rings (SSSR count). The molecule has 100 valence electrons. The van der Waals surface area contributed by atoms with E-state index in [4.69, 9.17) is 21.1 Å². The Morgan fingerprint density at radius 1 is 1.05 bits per heavy atom. The van der Waals surface area contributed by atoms with Crippen LogP contribution in [-0.4, -0.2) is 6.61 Å². The average Bonchev–Trinajstić information content (AvgIpc) is 2.43. The predicted molar refractivity (Wildman–Crippen MR) is 81.4 cm³/mol. The van der Waals surface area contributed by atoms with Crippen LogP contribution in [0.2, 0.25) is 0 Å². The molecule has 0 aliphatic rings. The van der Waals surface area contributed by atoms with Crippen molar-refractivity contribution in [3.05, 3.63) is 52.5 Å². The largest absolute Gasteiger partial charge is 0.494 e. The van der Waals surface area contributed by atoms with Gasteiger partial charge in [-0.2, -0.15) is 0 Å². The van der Waals surface area contributed by atoms with E-state index in [9.17, 15) is 0 Å². The lowest BCUT2D eigenvalue weighted by Crippen LogP contribution is -1.92. The molecular weight excluding hydrogens is 328 g/mol. The van der Waals surface area contributed by atoms with E-state index in [2.05, 4.69) is 15.9 Å². The van der Waals surface area contributed by atoms with Gasteiger partial charge in [-0.3, -0.25) is 0 Å². The van der Waals surface area contributed by atoms with Gasteiger partial charge < -0.3 is 9.47 Å². The highest BCUT2D eigenvalue weighted by Crippen LogP contribution is 2.30. The van der Waals surface area contributed by atoms with E-state index in [0.717, 1.165) is 27.3 Å². The fraction of sp³-hybridized carbons (Fsp3) is 0.200. The highest BCUT2D eigenvalue weighted by Gasteiger charge is 2.05. The average molecular weight is 342 g/mol. The third-order valence-electron chi connectivity index (χ3n) is 2.53. The van der Waals surface area contributed by atoms with Gasteiger partial charge in [0.1, 0.15) is 17.2 Å². The first kappa shape index (κ1) is 14.2. The number of hydrogen-bond acceptors (Lipinski definition) is 2. The van der Waals surface area contributed by atoms with Gasteiger partial charge in [-0.1, -0.05) is 15.9 Å². The lowest BCUT2D eigenvalue weighted by atomic mass is 10.2. The molecule has 0 aliphatic carbocycles. The van der Waals surface area contributed by atoms with Crippen molar-refractivity contribution in [3.63, 3.8) is 0 Å². The van der Waals surface area contributed by atoms with Crippen LogP contribution in [0.15, 0.2) is 46.9 Å². The van der Waals surface area contributed by atoms with Crippen LogP contribution in [0.4, 0.5) is 0 Å². The Kier molecular flexibility index (Phi) is 5.11. The van der Waals surface area contributed by atoms with Gasteiger partial charge >= 0.3 is 0 Å². The minimum Gasteiger partial charge on any atom is -0.494 e. The van der Waals surface area contributed by atoms with Crippen molar-refractivity contribution in [1.29, 1.82) is 0 Å². The molecule has 4 heteroatoms. The van der Waals surface area contributed by atoms with Crippen molar-refractivity contribution in [3.8, 4) is 17.2 Å². The van der Waals surface area contributed by atoms with Crippen LogP contribution in [-0.2, 0) is 5.88 Å². The quantitative estimate of drug-likeness (QED) is 0.680. The molecule has 0 amide bonds. The van der Waals surface area contributed by atoms with Crippen LogP contribution in [0.5, 0.6) is 17.2 Å². The van der Waals surface area contributed by atoms with Gasteiger partial charge in [0.15, 0.2) is 0 Å². The van der Waals surface area contributed by atoms with Gasteiger partial charge in [0.2, 0.25) is 0 Å². The van der Waals surface area contributed by atoms with E-state index < -0.39 is 0 Å². The van der Waals surface area contributed by atoms with E-state index in [-0.39, 0.29) is 0 Å². The maximum atomic E-state index is 5.92. The molecular formula is C15H14BrClO2. The molecule has 0 bridgehead atoms. The summed E-state index contributed by atoms with van der Waals surface area (Å²) in [7, 11) is 0. The van der Waals surface area contributed by atoms with Gasteiger partial charge in [0.05, 0.1) is 12.5 Å². The summed E-state index contributed by atoms with van der Waals surface area (Å²) in [5.74, 6) is 2.77. The number of benzene rings is 2. The van der Waals surface area contributed by atoms with Gasteiger partial charge in [-0.25, -0.2) is 0 Å². The summed E-state index contributed by atoms with van der Waals surface area (Å²) >= 11 is 9.33. The molecule has 0 aromatic heterocycles. The Labute approximate surface area is 126 Å². The Morgan fingerprint density at radius 2 is 1.74 bits per heavy atom. The van der Waals surface area contributed by atoms with E-state index >= 15 is 0 Å². The van der Waals surface area contributed by atoms with Crippen LogP contribution >= 0.6 is 27.5 Å². The predicted octanol–water partition coefficient (Wildman–Crippen LogP) is 5.38. The molecule has 0 N–H and O–H groups in total. The normalized spacial score (nSPS) is 10.3. The summed E-state index contributed by atoms with van der Waals surface area (Å²) in [6.45, 7) is 2.61. The van der Waals surface area contributed by atoms with Crippen molar-refractivity contribution >= 4 is 27.5 Å². The first-order valence-corrected chi connectivity index (χ1v) is 7.30. The minimum absolute atomic E-state index is 0.409. The monoisotopic (exact) mass is 340 g/mol. The Hall–Kier alpha value is -1.19. The van der Waals surface area contributed by atoms with E-state index in [1.54, 1.807) is 0 Å². The molecule has 0 fully saturated rings. The Balaban J connectivity index is 2.16.